The first-order valence-corrected chi connectivity index (χ1v) is 16.7. The molecule has 0 saturated carbocycles. The van der Waals surface area contributed by atoms with Gasteiger partial charge >= 0.3 is 0 Å². The molecule has 3 heteroatoms. The summed E-state index contributed by atoms with van der Waals surface area (Å²) in [6.07, 6.45) is 0.885. The molecule has 1 aromatic heterocycles. The lowest BCUT2D eigenvalue weighted by Gasteiger charge is -2.15. The normalized spacial score (nSPS) is 11.4. The fourth-order valence-corrected chi connectivity index (χ4v) is 6.90. The highest BCUT2D eigenvalue weighted by Crippen LogP contribution is 2.46. The molecule has 1 heterocycles. The van der Waals surface area contributed by atoms with Gasteiger partial charge in [0.1, 0.15) is 0 Å². The summed E-state index contributed by atoms with van der Waals surface area (Å²) in [7, 11) is 0. The molecule has 8 aromatic rings. The van der Waals surface area contributed by atoms with Gasteiger partial charge in [-0.1, -0.05) is 159 Å². The lowest BCUT2D eigenvalue weighted by molar-refractivity contribution is 1.07. The molecule has 9 rings (SSSR count). The first-order chi connectivity index (χ1) is 24.3. The molecule has 0 N–H and O–H groups in total. The molecule has 1 aliphatic rings. The maximum absolute atomic E-state index is 5.02. The standard InChI is InChI=1S/C46H31N3.CH4/c1-5-14-31(15-6-1)35-24-25-37-28-42-41(29-39(30-43(42)40(37)27-35)32-16-7-2-8-17-32)36-22-13-23-38(26-36)46-48-44(33-18-9-3-10-19-33)47-45(49-46)34-20-11-4-12-21-34;/h1-27,29-30H,28H2;1H4. The van der Waals surface area contributed by atoms with Crippen LogP contribution in [0.3, 0.4) is 0 Å². The monoisotopic (exact) mass is 641 g/mol. The Labute approximate surface area is 293 Å². The Balaban J connectivity index is 0.00000361. The topological polar surface area (TPSA) is 38.7 Å². The van der Waals surface area contributed by atoms with E-state index in [9.17, 15) is 0 Å². The predicted molar refractivity (Wildman–Crippen MR) is 207 cm³/mol. The van der Waals surface area contributed by atoms with E-state index in [-0.39, 0.29) is 7.43 Å². The molecule has 0 unspecified atom stereocenters. The van der Waals surface area contributed by atoms with Crippen LogP contribution in [0.25, 0.3) is 78.7 Å². The Morgan fingerprint density at radius 1 is 0.300 bits per heavy atom. The zero-order valence-electron chi connectivity index (χ0n) is 26.8. The van der Waals surface area contributed by atoms with E-state index in [2.05, 4.69) is 115 Å². The summed E-state index contributed by atoms with van der Waals surface area (Å²) in [5.74, 6) is 1.97. The summed E-state index contributed by atoms with van der Waals surface area (Å²) in [5.41, 5.74) is 15.4. The first-order valence-electron chi connectivity index (χ1n) is 16.7. The lowest BCUT2D eigenvalue weighted by atomic mass is 9.90. The van der Waals surface area contributed by atoms with Gasteiger partial charge in [-0.05, 0) is 86.3 Å². The summed E-state index contributed by atoms with van der Waals surface area (Å²) < 4.78 is 0. The molecule has 0 fully saturated rings. The van der Waals surface area contributed by atoms with Crippen LogP contribution in [0, 0.1) is 0 Å². The molecule has 0 amide bonds. The van der Waals surface area contributed by atoms with Crippen molar-refractivity contribution in [2.45, 2.75) is 13.8 Å². The fraction of sp³-hybridized carbons (Fsp3) is 0.0426. The molecule has 0 radical (unpaired) electrons. The van der Waals surface area contributed by atoms with Crippen molar-refractivity contribution in [1.82, 2.24) is 15.0 Å². The van der Waals surface area contributed by atoms with Crippen LogP contribution in [0.15, 0.2) is 176 Å². The number of fused-ring (bicyclic) bond motifs is 3. The van der Waals surface area contributed by atoms with Crippen LogP contribution in [0.4, 0.5) is 0 Å². The number of nitrogens with zero attached hydrogens (tertiary/aromatic N) is 3. The van der Waals surface area contributed by atoms with Crippen molar-refractivity contribution >= 4 is 0 Å². The van der Waals surface area contributed by atoms with Crippen molar-refractivity contribution in [3.63, 3.8) is 0 Å². The third-order valence-electron chi connectivity index (χ3n) is 9.36. The van der Waals surface area contributed by atoms with E-state index in [1.54, 1.807) is 0 Å². The van der Waals surface area contributed by atoms with Gasteiger partial charge in [0.2, 0.25) is 0 Å². The Bertz CT molecular complexity index is 2380. The van der Waals surface area contributed by atoms with Gasteiger partial charge in [-0.3, -0.25) is 0 Å². The maximum atomic E-state index is 5.02. The van der Waals surface area contributed by atoms with Crippen LogP contribution in [0.1, 0.15) is 18.6 Å². The highest BCUT2D eigenvalue weighted by Gasteiger charge is 2.24. The molecule has 0 bridgehead atoms. The van der Waals surface area contributed by atoms with Gasteiger partial charge < -0.3 is 0 Å². The molecule has 238 valence electrons. The Kier molecular flexibility index (Phi) is 8.16. The minimum atomic E-state index is 0. The lowest BCUT2D eigenvalue weighted by Crippen LogP contribution is -2.00. The van der Waals surface area contributed by atoms with E-state index in [0.29, 0.717) is 17.5 Å². The second-order valence-electron chi connectivity index (χ2n) is 12.4. The zero-order chi connectivity index (χ0) is 32.6. The highest BCUT2D eigenvalue weighted by molar-refractivity contribution is 5.91. The Morgan fingerprint density at radius 2 is 0.740 bits per heavy atom. The minimum Gasteiger partial charge on any atom is -0.208 e. The predicted octanol–water partition coefficient (Wildman–Crippen LogP) is 12.1. The van der Waals surface area contributed by atoms with Gasteiger partial charge in [-0.2, -0.15) is 0 Å². The van der Waals surface area contributed by atoms with E-state index in [1.807, 2.05) is 60.7 Å². The van der Waals surface area contributed by atoms with E-state index in [0.717, 1.165) is 28.7 Å². The summed E-state index contributed by atoms with van der Waals surface area (Å²) >= 11 is 0. The van der Waals surface area contributed by atoms with Crippen molar-refractivity contribution in [2.75, 3.05) is 0 Å². The van der Waals surface area contributed by atoms with Gasteiger partial charge in [0.25, 0.3) is 0 Å². The number of aromatic nitrogens is 3. The number of benzene rings is 7. The Hall–Kier alpha value is -6.45. The third kappa shape index (κ3) is 5.80. The molecule has 0 spiro atoms. The summed E-state index contributed by atoms with van der Waals surface area (Å²) in [6.45, 7) is 0. The SMILES string of the molecule is C.c1ccc(-c2ccc3c(c2)-c2cc(-c4ccccc4)cc(-c4cccc(-c5nc(-c6ccccc6)nc(-c6ccccc6)n5)c4)c2C3)cc1. The summed E-state index contributed by atoms with van der Waals surface area (Å²) in [6, 6.07) is 61.9. The van der Waals surface area contributed by atoms with Crippen LogP contribution >= 0.6 is 0 Å². The maximum Gasteiger partial charge on any atom is 0.164 e. The van der Waals surface area contributed by atoms with Crippen molar-refractivity contribution in [3.05, 3.63) is 187 Å². The van der Waals surface area contributed by atoms with Crippen molar-refractivity contribution in [1.29, 1.82) is 0 Å². The number of hydrogen-bond acceptors (Lipinski definition) is 3. The molecular weight excluding hydrogens is 607 g/mol. The van der Waals surface area contributed by atoms with Crippen molar-refractivity contribution < 1.29 is 0 Å². The molecule has 3 nitrogen and oxygen atoms in total. The van der Waals surface area contributed by atoms with E-state index in [1.165, 1.54) is 50.1 Å². The van der Waals surface area contributed by atoms with Crippen LogP contribution in [-0.4, -0.2) is 15.0 Å². The number of rotatable bonds is 6. The largest absolute Gasteiger partial charge is 0.208 e. The van der Waals surface area contributed by atoms with Gasteiger partial charge in [0.05, 0.1) is 0 Å². The van der Waals surface area contributed by atoms with Crippen LogP contribution in [0.2, 0.25) is 0 Å². The third-order valence-corrected chi connectivity index (χ3v) is 9.36. The van der Waals surface area contributed by atoms with E-state index in [4.69, 9.17) is 15.0 Å². The average Bonchev–Trinajstić information content (AvgIpc) is 3.57. The fourth-order valence-electron chi connectivity index (χ4n) is 6.90. The summed E-state index contributed by atoms with van der Waals surface area (Å²) in [4.78, 5) is 14.9. The zero-order valence-corrected chi connectivity index (χ0v) is 26.8. The Morgan fingerprint density at radius 3 is 1.32 bits per heavy atom. The average molecular weight is 642 g/mol. The van der Waals surface area contributed by atoms with Gasteiger partial charge in [-0.15, -0.1) is 0 Å². The van der Waals surface area contributed by atoms with E-state index < -0.39 is 0 Å². The molecule has 0 saturated heterocycles. The molecule has 0 aliphatic heterocycles. The smallest absolute Gasteiger partial charge is 0.164 e. The van der Waals surface area contributed by atoms with E-state index >= 15 is 0 Å². The van der Waals surface area contributed by atoms with Crippen LogP contribution < -0.4 is 0 Å². The highest BCUT2D eigenvalue weighted by atomic mass is 15.0. The van der Waals surface area contributed by atoms with Crippen LogP contribution in [-0.2, 0) is 6.42 Å². The summed E-state index contributed by atoms with van der Waals surface area (Å²) in [5, 5.41) is 0. The van der Waals surface area contributed by atoms with Crippen LogP contribution in [0.5, 0.6) is 0 Å². The molecule has 50 heavy (non-hydrogen) atoms. The van der Waals surface area contributed by atoms with Crippen molar-refractivity contribution in [2.24, 2.45) is 0 Å². The first kappa shape index (κ1) is 30.9. The molecule has 7 aromatic carbocycles. The minimum absolute atomic E-state index is 0. The quantitative estimate of drug-likeness (QED) is 0.181. The number of hydrogen-bond donors (Lipinski definition) is 0. The molecule has 1 aliphatic carbocycles. The second kappa shape index (κ2) is 13.2. The molecular formula is C47H35N3. The van der Waals surface area contributed by atoms with Crippen molar-refractivity contribution in [3.8, 4) is 78.7 Å². The van der Waals surface area contributed by atoms with Gasteiger partial charge in [-0.25, -0.2) is 15.0 Å². The van der Waals surface area contributed by atoms with Gasteiger partial charge in [0, 0.05) is 16.7 Å². The van der Waals surface area contributed by atoms with Gasteiger partial charge in [0.15, 0.2) is 17.5 Å². The second-order valence-corrected chi connectivity index (χ2v) is 12.4. The molecule has 0 atom stereocenters.